The fourth-order valence-electron chi connectivity index (χ4n) is 1.87. The molecule has 4 nitrogen and oxygen atoms in total. The van der Waals surface area contributed by atoms with Gasteiger partial charge in [-0.05, 0) is 6.42 Å². The number of hydrogen-bond donors (Lipinski definition) is 1. The first-order chi connectivity index (χ1) is 8.11. The van der Waals surface area contributed by atoms with Crippen molar-refractivity contribution in [1.29, 1.82) is 0 Å². The maximum absolute atomic E-state index is 12.0. The molecule has 0 saturated carbocycles. The molecular formula is C12H17NO3S. The normalized spacial score (nSPS) is 23.4. The number of rotatable bonds is 5. The SMILES string of the molecule is C#CCCC(=O)N1C(CCC)SCC1C(=O)O. The minimum absolute atomic E-state index is 0.00799. The fourth-order valence-corrected chi connectivity index (χ4v) is 3.40. The molecule has 2 unspecified atom stereocenters. The molecule has 2 atom stereocenters. The average molecular weight is 255 g/mol. The molecule has 0 aromatic rings. The summed E-state index contributed by atoms with van der Waals surface area (Å²) < 4.78 is 0. The van der Waals surface area contributed by atoms with Crippen molar-refractivity contribution in [2.75, 3.05) is 5.75 Å². The fraction of sp³-hybridized carbons (Fsp3) is 0.667. The third kappa shape index (κ3) is 3.40. The summed E-state index contributed by atoms with van der Waals surface area (Å²) in [4.78, 5) is 24.6. The minimum Gasteiger partial charge on any atom is -0.480 e. The van der Waals surface area contributed by atoms with E-state index in [0.717, 1.165) is 12.8 Å². The van der Waals surface area contributed by atoms with Crippen LogP contribution in [-0.2, 0) is 9.59 Å². The first-order valence-corrected chi connectivity index (χ1v) is 6.75. The number of carbonyl (C=O) groups is 2. The maximum atomic E-state index is 12.0. The largest absolute Gasteiger partial charge is 0.480 e. The van der Waals surface area contributed by atoms with Gasteiger partial charge in [0.15, 0.2) is 0 Å². The molecule has 0 aliphatic carbocycles. The van der Waals surface area contributed by atoms with Gasteiger partial charge in [-0.2, -0.15) is 0 Å². The van der Waals surface area contributed by atoms with E-state index in [2.05, 4.69) is 5.92 Å². The van der Waals surface area contributed by atoms with Crippen LogP contribution in [0.4, 0.5) is 0 Å². The zero-order valence-electron chi connectivity index (χ0n) is 9.89. The molecule has 0 aromatic heterocycles. The summed E-state index contributed by atoms with van der Waals surface area (Å²) in [6.07, 6.45) is 7.49. The van der Waals surface area contributed by atoms with Crippen molar-refractivity contribution in [3.63, 3.8) is 0 Å². The molecule has 1 N–H and O–H groups in total. The van der Waals surface area contributed by atoms with E-state index in [9.17, 15) is 9.59 Å². The van der Waals surface area contributed by atoms with Gasteiger partial charge < -0.3 is 10.0 Å². The van der Waals surface area contributed by atoms with Crippen molar-refractivity contribution < 1.29 is 14.7 Å². The maximum Gasteiger partial charge on any atom is 0.327 e. The summed E-state index contributed by atoms with van der Waals surface area (Å²) in [5, 5.41) is 9.09. The highest BCUT2D eigenvalue weighted by Gasteiger charge is 2.40. The van der Waals surface area contributed by atoms with Crippen molar-refractivity contribution in [3.05, 3.63) is 0 Å². The molecular weight excluding hydrogens is 238 g/mol. The van der Waals surface area contributed by atoms with Gasteiger partial charge in [-0.25, -0.2) is 4.79 Å². The highest BCUT2D eigenvalue weighted by atomic mass is 32.2. The monoisotopic (exact) mass is 255 g/mol. The van der Waals surface area contributed by atoms with E-state index in [4.69, 9.17) is 11.5 Å². The van der Waals surface area contributed by atoms with Gasteiger partial charge >= 0.3 is 5.97 Å². The van der Waals surface area contributed by atoms with Gasteiger partial charge in [0, 0.05) is 18.6 Å². The summed E-state index contributed by atoms with van der Waals surface area (Å²) in [6.45, 7) is 2.03. The minimum atomic E-state index is -0.926. The van der Waals surface area contributed by atoms with Crippen LogP contribution in [0.15, 0.2) is 0 Å². The van der Waals surface area contributed by atoms with Gasteiger partial charge in [0.05, 0.1) is 5.37 Å². The van der Waals surface area contributed by atoms with E-state index in [1.165, 1.54) is 4.90 Å². The Morgan fingerprint density at radius 1 is 1.59 bits per heavy atom. The van der Waals surface area contributed by atoms with Gasteiger partial charge in [0.2, 0.25) is 5.91 Å². The van der Waals surface area contributed by atoms with E-state index < -0.39 is 12.0 Å². The number of terminal acetylenes is 1. The summed E-state index contributed by atoms with van der Waals surface area (Å²) in [7, 11) is 0. The molecule has 1 aliphatic heterocycles. The molecule has 1 saturated heterocycles. The van der Waals surface area contributed by atoms with Crippen molar-refractivity contribution in [2.45, 2.75) is 44.0 Å². The first-order valence-electron chi connectivity index (χ1n) is 5.70. The number of amides is 1. The Bertz CT molecular complexity index is 337. The topological polar surface area (TPSA) is 57.6 Å². The molecule has 94 valence electrons. The molecule has 0 bridgehead atoms. The van der Waals surface area contributed by atoms with Crippen LogP contribution in [-0.4, -0.2) is 39.1 Å². The highest BCUT2D eigenvalue weighted by molar-refractivity contribution is 8.00. The lowest BCUT2D eigenvalue weighted by Gasteiger charge is -2.27. The summed E-state index contributed by atoms with van der Waals surface area (Å²) in [5.74, 6) is 1.82. The van der Waals surface area contributed by atoms with Crippen LogP contribution >= 0.6 is 11.8 Å². The summed E-state index contributed by atoms with van der Waals surface area (Å²) in [6, 6.07) is -0.693. The Morgan fingerprint density at radius 2 is 2.29 bits per heavy atom. The number of nitrogens with zero attached hydrogens (tertiary/aromatic N) is 1. The quantitative estimate of drug-likeness (QED) is 0.757. The standard InChI is InChI=1S/C12H17NO3S/c1-3-5-7-10(14)13-9(12(15)16)8-17-11(13)6-4-2/h1,9,11H,4-8H2,2H3,(H,15,16). The number of carboxylic acids is 1. The third-order valence-corrected chi connectivity index (χ3v) is 4.04. The average Bonchev–Trinajstić information content (AvgIpc) is 2.70. The molecule has 1 rings (SSSR count). The van der Waals surface area contributed by atoms with Crippen molar-refractivity contribution in [3.8, 4) is 12.3 Å². The van der Waals surface area contributed by atoms with Gasteiger partial charge in [0.1, 0.15) is 6.04 Å². The summed E-state index contributed by atoms with van der Waals surface area (Å²) in [5.41, 5.74) is 0. The van der Waals surface area contributed by atoms with Crippen LogP contribution < -0.4 is 0 Å². The molecule has 1 amide bonds. The van der Waals surface area contributed by atoms with Gasteiger partial charge in [-0.1, -0.05) is 13.3 Å². The van der Waals surface area contributed by atoms with Crippen LogP contribution in [0.3, 0.4) is 0 Å². The van der Waals surface area contributed by atoms with E-state index in [0.29, 0.717) is 12.2 Å². The lowest BCUT2D eigenvalue weighted by molar-refractivity contribution is -0.149. The first kappa shape index (κ1) is 13.9. The third-order valence-electron chi connectivity index (χ3n) is 2.68. The zero-order valence-corrected chi connectivity index (χ0v) is 10.7. The smallest absolute Gasteiger partial charge is 0.327 e. The Labute approximate surface area is 106 Å². The van der Waals surface area contributed by atoms with Crippen molar-refractivity contribution in [2.24, 2.45) is 0 Å². The number of hydrogen-bond acceptors (Lipinski definition) is 3. The van der Waals surface area contributed by atoms with Crippen LogP contribution in [0.1, 0.15) is 32.6 Å². The number of thioether (sulfide) groups is 1. The van der Waals surface area contributed by atoms with Crippen LogP contribution in [0.5, 0.6) is 0 Å². The Morgan fingerprint density at radius 3 is 2.82 bits per heavy atom. The predicted molar refractivity (Wildman–Crippen MR) is 67.5 cm³/mol. The molecule has 1 aliphatic rings. The second-order valence-electron chi connectivity index (χ2n) is 3.94. The van der Waals surface area contributed by atoms with Crippen LogP contribution in [0.2, 0.25) is 0 Å². The van der Waals surface area contributed by atoms with E-state index in [-0.39, 0.29) is 17.7 Å². The van der Waals surface area contributed by atoms with Crippen LogP contribution in [0, 0.1) is 12.3 Å². The zero-order chi connectivity index (χ0) is 12.8. The molecule has 0 spiro atoms. The van der Waals surface area contributed by atoms with Crippen molar-refractivity contribution >= 4 is 23.6 Å². The predicted octanol–water partition coefficient (Wildman–Crippen LogP) is 1.55. The summed E-state index contributed by atoms with van der Waals surface area (Å²) >= 11 is 1.55. The molecule has 17 heavy (non-hydrogen) atoms. The van der Waals surface area contributed by atoms with E-state index >= 15 is 0 Å². The Balaban J connectivity index is 2.74. The Kier molecular flexibility index (Phi) is 5.36. The van der Waals surface area contributed by atoms with Gasteiger partial charge in [-0.3, -0.25) is 4.79 Å². The lowest BCUT2D eigenvalue weighted by Crippen LogP contribution is -2.45. The molecule has 1 fully saturated rings. The second-order valence-corrected chi connectivity index (χ2v) is 5.15. The number of aliphatic carboxylic acids is 1. The van der Waals surface area contributed by atoms with Crippen LogP contribution in [0.25, 0.3) is 0 Å². The van der Waals surface area contributed by atoms with Gasteiger partial charge in [-0.15, -0.1) is 24.1 Å². The van der Waals surface area contributed by atoms with Crippen molar-refractivity contribution in [1.82, 2.24) is 4.90 Å². The molecule has 5 heteroatoms. The Hall–Kier alpha value is -1.15. The van der Waals surface area contributed by atoms with E-state index in [1.54, 1.807) is 11.8 Å². The molecule has 1 heterocycles. The lowest BCUT2D eigenvalue weighted by atomic mass is 10.2. The van der Waals surface area contributed by atoms with E-state index in [1.807, 2.05) is 6.92 Å². The second kappa shape index (κ2) is 6.55. The number of carboxylic acid groups (broad SMARTS) is 1. The van der Waals surface area contributed by atoms with Gasteiger partial charge in [0.25, 0.3) is 0 Å². The molecule has 0 radical (unpaired) electrons. The highest BCUT2D eigenvalue weighted by Crippen LogP contribution is 2.32. The molecule has 0 aromatic carbocycles. The number of carbonyl (C=O) groups excluding carboxylic acids is 1.